The molecule has 0 aliphatic rings. The summed E-state index contributed by atoms with van der Waals surface area (Å²) in [6.45, 7) is 0. The molecule has 1 amide bonds. The van der Waals surface area contributed by atoms with Crippen LogP contribution in [-0.4, -0.2) is 22.8 Å². The molecule has 0 unspecified atom stereocenters. The molecule has 3 N–H and O–H groups in total. The molecule has 7 heteroatoms. The summed E-state index contributed by atoms with van der Waals surface area (Å²) < 4.78 is 19.9. The highest BCUT2D eigenvalue weighted by Crippen LogP contribution is 2.22. The molecule has 0 radical (unpaired) electrons. The number of benzene rings is 1. The van der Waals surface area contributed by atoms with Crippen LogP contribution in [0.2, 0.25) is 0 Å². The number of carbonyl (C=O) groups excluding carboxylic acids is 1. The Hall–Kier alpha value is -2.57. The van der Waals surface area contributed by atoms with Crippen LogP contribution in [0, 0.1) is 5.82 Å². The van der Waals surface area contributed by atoms with Crippen molar-refractivity contribution in [1.82, 2.24) is 9.78 Å². The minimum absolute atomic E-state index is 0.0185. The zero-order valence-electron chi connectivity index (χ0n) is 10.5. The number of anilines is 2. The zero-order valence-corrected chi connectivity index (χ0v) is 10.5. The molecule has 6 nitrogen and oxygen atoms in total. The molecule has 0 aliphatic heterocycles. The minimum Gasteiger partial charge on any atom is -0.497 e. The van der Waals surface area contributed by atoms with Gasteiger partial charge in [0.05, 0.1) is 24.7 Å². The second-order valence-corrected chi connectivity index (χ2v) is 3.87. The van der Waals surface area contributed by atoms with Gasteiger partial charge in [0.15, 0.2) is 0 Å². The van der Waals surface area contributed by atoms with Crippen molar-refractivity contribution in [3.63, 3.8) is 0 Å². The number of nitrogens with two attached hydrogens (primary N) is 1. The second-order valence-electron chi connectivity index (χ2n) is 3.87. The molecule has 0 bridgehead atoms. The zero-order chi connectivity index (χ0) is 14.0. The van der Waals surface area contributed by atoms with Gasteiger partial charge in [0.1, 0.15) is 17.3 Å². The molecule has 0 atom stereocenters. The van der Waals surface area contributed by atoms with Crippen molar-refractivity contribution < 1.29 is 13.9 Å². The van der Waals surface area contributed by atoms with Crippen molar-refractivity contribution in [2.24, 2.45) is 7.05 Å². The van der Waals surface area contributed by atoms with E-state index in [0.29, 0.717) is 5.75 Å². The lowest BCUT2D eigenvalue weighted by atomic mass is 10.2. The molecule has 1 aromatic carbocycles. The van der Waals surface area contributed by atoms with Crippen molar-refractivity contribution in [2.75, 3.05) is 18.2 Å². The first kappa shape index (κ1) is 12.9. The maximum absolute atomic E-state index is 13.6. The van der Waals surface area contributed by atoms with E-state index in [0.717, 1.165) is 0 Å². The van der Waals surface area contributed by atoms with E-state index in [1.54, 1.807) is 7.05 Å². The fraction of sp³-hybridized carbons (Fsp3) is 0.167. The van der Waals surface area contributed by atoms with Gasteiger partial charge in [-0.15, -0.1) is 0 Å². The highest BCUT2D eigenvalue weighted by molar-refractivity contribution is 6.06. The molecule has 0 saturated heterocycles. The largest absolute Gasteiger partial charge is 0.497 e. The lowest BCUT2D eigenvalue weighted by Crippen LogP contribution is -2.18. The van der Waals surface area contributed by atoms with Crippen LogP contribution in [0.4, 0.5) is 15.8 Å². The SMILES string of the molecule is COc1ccc(F)c(NC(=O)c2c(N)cnn2C)c1. The summed E-state index contributed by atoms with van der Waals surface area (Å²) in [6.07, 6.45) is 1.36. The number of nitrogens with one attached hydrogen (secondary N) is 1. The molecule has 1 heterocycles. The summed E-state index contributed by atoms with van der Waals surface area (Å²) in [6, 6.07) is 4.06. The van der Waals surface area contributed by atoms with E-state index in [-0.39, 0.29) is 17.1 Å². The molecule has 19 heavy (non-hydrogen) atoms. The van der Waals surface area contributed by atoms with E-state index in [2.05, 4.69) is 10.4 Å². The highest BCUT2D eigenvalue weighted by atomic mass is 19.1. The topological polar surface area (TPSA) is 82.2 Å². The molecular weight excluding hydrogens is 251 g/mol. The number of nitrogens with zero attached hydrogens (tertiary/aromatic N) is 2. The highest BCUT2D eigenvalue weighted by Gasteiger charge is 2.16. The van der Waals surface area contributed by atoms with Crippen LogP contribution in [0.25, 0.3) is 0 Å². The van der Waals surface area contributed by atoms with Gasteiger partial charge in [0.2, 0.25) is 0 Å². The number of halogens is 1. The average Bonchev–Trinajstić information content (AvgIpc) is 2.71. The second kappa shape index (κ2) is 4.97. The Balaban J connectivity index is 2.29. The molecule has 100 valence electrons. The molecule has 0 saturated carbocycles. The third kappa shape index (κ3) is 2.49. The summed E-state index contributed by atoms with van der Waals surface area (Å²) in [7, 11) is 3.03. The number of methoxy groups -OCH3 is 1. The van der Waals surface area contributed by atoms with E-state index in [1.807, 2.05) is 0 Å². The Morgan fingerprint density at radius 3 is 2.84 bits per heavy atom. The predicted molar refractivity (Wildman–Crippen MR) is 68.5 cm³/mol. The molecule has 2 aromatic rings. The third-order valence-corrected chi connectivity index (χ3v) is 2.60. The van der Waals surface area contributed by atoms with E-state index in [9.17, 15) is 9.18 Å². The minimum atomic E-state index is -0.560. The Labute approximate surface area is 109 Å². The van der Waals surface area contributed by atoms with E-state index < -0.39 is 11.7 Å². The van der Waals surface area contributed by atoms with E-state index in [1.165, 1.54) is 36.2 Å². The van der Waals surface area contributed by atoms with Gasteiger partial charge in [0.25, 0.3) is 5.91 Å². The summed E-state index contributed by atoms with van der Waals surface area (Å²) in [5.74, 6) is -0.658. The standard InChI is InChI=1S/C12H13FN4O2/c1-17-11(9(14)6-15-17)12(18)16-10-5-7(19-2)3-4-8(10)13/h3-6H,14H2,1-2H3,(H,16,18). The smallest absolute Gasteiger partial charge is 0.276 e. The average molecular weight is 264 g/mol. The Kier molecular flexibility index (Phi) is 3.37. The van der Waals surface area contributed by atoms with Gasteiger partial charge in [-0.25, -0.2) is 4.39 Å². The van der Waals surface area contributed by atoms with Crippen LogP contribution in [0.1, 0.15) is 10.5 Å². The number of aromatic nitrogens is 2. The van der Waals surface area contributed by atoms with Crippen LogP contribution >= 0.6 is 0 Å². The molecule has 0 spiro atoms. The Bertz CT molecular complexity index is 605. The summed E-state index contributed by atoms with van der Waals surface area (Å²) in [5, 5.41) is 6.28. The Morgan fingerprint density at radius 1 is 1.53 bits per heavy atom. The fourth-order valence-corrected chi connectivity index (χ4v) is 1.64. The van der Waals surface area contributed by atoms with E-state index in [4.69, 9.17) is 10.5 Å². The molecule has 1 aromatic heterocycles. The monoisotopic (exact) mass is 264 g/mol. The van der Waals surface area contributed by atoms with E-state index >= 15 is 0 Å². The van der Waals surface area contributed by atoms with Gasteiger partial charge in [-0.1, -0.05) is 0 Å². The first-order valence-corrected chi connectivity index (χ1v) is 5.45. The lowest BCUT2D eigenvalue weighted by molar-refractivity contribution is 0.101. The van der Waals surface area contributed by atoms with Gasteiger partial charge in [-0.05, 0) is 12.1 Å². The van der Waals surface area contributed by atoms with Crippen LogP contribution < -0.4 is 15.8 Å². The molecular formula is C12H13FN4O2. The number of hydrogen-bond donors (Lipinski definition) is 2. The number of ether oxygens (including phenoxy) is 1. The van der Waals surface area contributed by atoms with Gasteiger partial charge in [-0.3, -0.25) is 9.48 Å². The maximum Gasteiger partial charge on any atom is 0.276 e. The van der Waals surface area contributed by atoms with Gasteiger partial charge in [-0.2, -0.15) is 5.10 Å². The van der Waals surface area contributed by atoms with Gasteiger partial charge < -0.3 is 15.8 Å². The number of carbonyl (C=O) groups is 1. The van der Waals surface area contributed by atoms with Crippen molar-refractivity contribution in [2.45, 2.75) is 0 Å². The summed E-state index contributed by atoms with van der Waals surface area (Å²) in [4.78, 5) is 12.0. The van der Waals surface area contributed by atoms with Crippen molar-refractivity contribution >= 4 is 17.3 Å². The first-order valence-electron chi connectivity index (χ1n) is 5.45. The quantitative estimate of drug-likeness (QED) is 0.878. The summed E-state index contributed by atoms with van der Waals surface area (Å²) in [5.41, 5.74) is 6.04. The number of aryl methyl sites for hydroxylation is 1. The lowest BCUT2D eigenvalue weighted by Gasteiger charge is -2.09. The Morgan fingerprint density at radius 2 is 2.26 bits per heavy atom. The maximum atomic E-state index is 13.6. The third-order valence-electron chi connectivity index (χ3n) is 2.60. The van der Waals surface area contributed by atoms with Crippen LogP contribution in [0.3, 0.4) is 0 Å². The van der Waals surface area contributed by atoms with Crippen molar-refractivity contribution in [3.8, 4) is 5.75 Å². The van der Waals surface area contributed by atoms with Gasteiger partial charge in [0, 0.05) is 13.1 Å². The van der Waals surface area contributed by atoms with Crippen LogP contribution in [0.15, 0.2) is 24.4 Å². The van der Waals surface area contributed by atoms with Crippen molar-refractivity contribution in [1.29, 1.82) is 0 Å². The normalized spacial score (nSPS) is 10.3. The number of nitrogen functional groups attached to an aromatic ring is 1. The fourth-order valence-electron chi connectivity index (χ4n) is 1.64. The first-order chi connectivity index (χ1) is 9.02. The molecule has 0 fully saturated rings. The molecule has 0 aliphatic carbocycles. The van der Waals surface area contributed by atoms with Crippen LogP contribution in [-0.2, 0) is 7.05 Å². The van der Waals surface area contributed by atoms with Crippen molar-refractivity contribution in [3.05, 3.63) is 35.9 Å². The van der Waals surface area contributed by atoms with Gasteiger partial charge >= 0.3 is 0 Å². The number of hydrogen-bond acceptors (Lipinski definition) is 4. The number of amides is 1. The number of rotatable bonds is 3. The van der Waals surface area contributed by atoms with Crippen LogP contribution in [0.5, 0.6) is 5.75 Å². The predicted octanol–water partition coefficient (Wildman–Crippen LogP) is 1.40. The summed E-state index contributed by atoms with van der Waals surface area (Å²) >= 11 is 0. The molecule has 2 rings (SSSR count).